The van der Waals surface area contributed by atoms with E-state index in [0.717, 1.165) is 12.5 Å². The summed E-state index contributed by atoms with van der Waals surface area (Å²) in [4.78, 5) is 8.30. The van der Waals surface area contributed by atoms with Crippen LogP contribution in [0.1, 0.15) is 11.6 Å². The molecule has 1 aromatic carbocycles. The molecule has 0 N–H and O–H groups in total. The first kappa shape index (κ1) is 15.9. The van der Waals surface area contributed by atoms with E-state index in [1.54, 1.807) is 30.9 Å². The van der Waals surface area contributed by atoms with Gasteiger partial charge in [-0.25, -0.2) is 13.8 Å². The molecule has 0 bridgehead atoms. The molecule has 3 heterocycles. The molecule has 0 saturated carbocycles. The fourth-order valence-corrected chi connectivity index (χ4v) is 3.38. The van der Waals surface area contributed by atoms with Crippen LogP contribution in [0.25, 0.3) is 11.4 Å². The zero-order chi connectivity index (χ0) is 17.2. The van der Waals surface area contributed by atoms with Crippen molar-refractivity contribution in [2.75, 3.05) is 13.2 Å². The summed E-state index contributed by atoms with van der Waals surface area (Å²) in [5, 5.41) is 0. The van der Waals surface area contributed by atoms with Gasteiger partial charge < -0.3 is 9.30 Å². The largest absolute Gasteiger partial charge is 0.379 e. The molecule has 2 atom stereocenters. The molecule has 128 valence electrons. The van der Waals surface area contributed by atoms with Gasteiger partial charge in [-0.3, -0.25) is 4.98 Å². The number of hydrogen-bond donors (Lipinski definition) is 0. The molecular formula is C19H17F2N3O. The Morgan fingerprint density at radius 2 is 1.92 bits per heavy atom. The van der Waals surface area contributed by atoms with Gasteiger partial charge in [-0.1, -0.05) is 6.07 Å². The van der Waals surface area contributed by atoms with Crippen LogP contribution in [0.2, 0.25) is 0 Å². The highest BCUT2D eigenvalue weighted by atomic mass is 19.2. The molecule has 0 spiro atoms. The third kappa shape index (κ3) is 3.05. The van der Waals surface area contributed by atoms with E-state index in [4.69, 9.17) is 4.74 Å². The molecule has 4 nitrogen and oxygen atoms in total. The fourth-order valence-electron chi connectivity index (χ4n) is 3.38. The maximum Gasteiger partial charge on any atom is 0.169 e. The van der Waals surface area contributed by atoms with Gasteiger partial charge in [0.15, 0.2) is 11.6 Å². The quantitative estimate of drug-likeness (QED) is 0.727. The van der Waals surface area contributed by atoms with Crippen molar-refractivity contribution in [3.05, 3.63) is 72.3 Å². The van der Waals surface area contributed by atoms with Crippen LogP contribution in [-0.4, -0.2) is 27.7 Å². The minimum absolute atomic E-state index is 0.0216. The van der Waals surface area contributed by atoms with E-state index in [1.165, 1.54) is 11.6 Å². The summed E-state index contributed by atoms with van der Waals surface area (Å²) in [7, 11) is 0. The Morgan fingerprint density at radius 3 is 2.76 bits per heavy atom. The lowest BCUT2D eigenvalue weighted by atomic mass is 9.95. The molecule has 0 unspecified atom stereocenters. The first-order valence-electron chi connectivity index (χ1n) is 8.18. The number of halogens is 2. The number of benzene rings is 1. The highest BCUT2D eigenvalue weighted by Gasteiger charge is 2.31. The highest BCUT2D eigenvalue weighted by molar-refractivity contribution is 5.56. The number of rotatable bonds is 4. The van der Waals surface area contributed by atoms with Crippen LogP contribution in [0.15, 0.2) is 55.1 Å². The topological polar surface area (TPSA) is 39.9 Å². The third-order valence-electron chi connectivity index (χ3n) is 4.63. The van der Waals surface area contributed by atoms with E-state index < -0.39 is 11.6 Å². The molecule has 0 amide bonds. The summed E-state index contributed by atoms with van der Waals surface area (Å²) in [6.07, 6.45) is 7.78. The number of hydrogen-bond acceptors (Lipinski definition) is 3. The van der Waals surface area contributed by atoms with E-state index in [1.807, 2.05) is 16.7 Å². The Morgan fingerprint density at radius 1 is 1.08 bits per heavy atom. The second-order valence-electron chi connectivity index (χ2n) is 6.18. The number of imidazole rings is 1. The minimum Gasteiger partial charge on any atom is -0.379 e. The third-order valence-corrected chi connectivity index (χ3v) is 4.63. The van der Waals surface area contributed by atoms with Crippen LogP contribution in [0, 0.1) is 17.6 Å². The van der Waals surface area contributed by atoms with E-state index in [2.05, 4.69) is 9.97 Å². The first-order valence-corrected chi connectivity index (χ1v) is 8.18. The van der Waals surface area contributed by atoms with Gasteiger partial charge in [0, 0.05) is 30.7 Å². The lowest BCUT2D eigenvalue weighted by molar-refractivity contribution is 0.181. The molecule has 3 aromatic rings. The molecule has 0 aliphatic carbocycles. The van der Waals surface area contributed by atoms with Crippen molar-refractivity contribution in [3.63, 3.8) is 0 Å². The van der Waals surface area contributed by atoms with Crippen LogP contribution in [0.5, 0.6) is 0 Å². The van der Waals surface area contributed by atoms with Gasteiger partial charge in [0.05, 0.1) is 24.8 Å². The average molecular weight is 341 g/mol. The Labute approximate surface area is 144 Å². The predicted octanol–water partition coefficient (Wildman–Crippen LogP) is 3.65. The molecule has 2 aromatic heterocycles. The lowest BCUT2D eigenvalue weighted by Crippen LogP contribution is -2.20. The Bertz CT molecular complexity index is 866. The van der Waals surface area contributed by atoms with Gasteiger partial charge in [-0.05, 0) is 36.2 Å². The summed E-state index contributed by atoms with van der Waals surface area (Å²) < 4.78 is 35.4. The van der Waals surface area contributed by atoms with Crippen molar-refractivity contribution in [1.82, 2.24) is 14.5 Å². The average Bonchev–Trinajstić information content (AvgIpc) is 3.27. The molecule has 0 radical (unpaired) electrons. The van der Waals surface area contributed by atoms with Crippen molar-refractivity contribution in [1.29, 1.82) is 0 Å². The molecular weight excluding hydrogens is 324 g/mol. The number of nitrogens with zero attached hydrogens (tertiary/aromatic N) is 3. The van der Waals surface area contributed by atoms with Crippen molar-refractivity contribution >= 4 is 0 Å². The maximum atomic E-state index is 14.2. The molecule has 4 rings (SSSR count). The van der Waals surface area contributed by atoms with E-state index in [9.17, 15) is 8.78 Å². The Balaban J connectivity index is 1.66. The summed E-state index contributed by atoms with van der Waals surface area (Å²) >= 11 is 0. The van der Waals surface area contributed by atoms with Gasteiger partial charge in [0.2, 0.25) is 0 Å². The lowest BCUT2D eigenvalue weighted by Gasteiger charge is -2.21. The standard InChI is InChI=1S/C19H17F2N3O/c20-16-3-1-2-15(18(16)21)19-23-8-9-24(19)17-12-25-11-14(17)10-13-4-6-22-7-5-13/h1-9,14,17H,10-12H2/t14-,17-/m1/s1. The van der Waals surface area contributed by atoms with E-state index in [0.29, 0.717) is 19.0 Å². The molecule has 1 aliphatic heterocycles. The van der Waals surface area contributed by atoms with Crippen molar-refractivity contribution in [3.8, 4) is 11.4 Å². The SMILES string of the molecule is Fc1cccc(-c2nccn2[C@@H]2COC[C@H]2Cc2ccncc2)c1F. The number of ether oxygens (including phenoxy) is 1. The summed E-state index contributed by atoms with van der Waals surface area (Å²) in [5.74, 6) is -1.10. The van der Waals surface area contributed by atoms with Crippen molar-refractivity contribution in [2.45, 2.75) is 12.5 Å². The molecule has 25 heavy (non-hydrogen) atoms. The van der Waals surface area contributed by atoms with E-state index >= 15 is 0 Å². The maximum absolute atomic E-state index is 14.2. The van der Waals surface area contributed by atoms with Gasteiger partial charge in [-0.15, -0.1) is 0 Å². The van der Waals surface area contributed by atoms with Gasteiger partial charge in [0.25, 0.3) is 0 Å². The predicted molar refractivity (Wildman–Crippen MR) is 88.9 cm³/mol. The second-order valence-corrected chi connectivity index (χ2v) is 6.18. The van der Waals surface area contributed by atoms with Gasteiger partial charge in [-0.2, -0.15) is 0 Å². The summed E-state index contributed by atoms with van der Waals surface area (Å²) in [6, 6.07) is 8.13. The highest BCUT2D eigenvalue weighted by Crippen LogP contribution is 2.33. The smallest absolute Gasteiger partial charge is 0.169 e. The van der Waals surface area contributed by atoms with Crippen LogP contribution < -0.4 is 0 Å². The van der Waals surface area contributed by atoms with Crippen LogP contribution in [0.4, 0.5) is 8.78 Å². The Hall–Kier alpha value is -2.60. The normalized spacial score (nSPS) is 20.1. The second kappa shape index (κ2) is 6.72. The molecule has 1 fully saturated rings. The minimum atomic E-state index is -0.875. The molecule has 1 saturated heterocycles. The van der Waals surface area contributed by atoms with Crippen molar-refractivity contribution in [2.24, 2.45) is 5.92 Å². The van der Waals surface area contributed by atoms with E-state index in [-0.39, 0.29) is 17.5 Å². The molecule has 6 heteroatoms. The van der Waals surface area contributed by atoms with Gasteiger partial charge in [0.1, 0.15) is 5.82 Å². The summed E-state index contributed by atoms with van der Waals surface area (Å²) in [6.45, 7) is 1.15. The van der Waals surface area contributed by atoms with Crippen LogP contribution >= 0.6 is 0 Å². The van der Waals surface area contributed by atoms with Crippen LogP contribution in [0.3, 0.4) is 0 Å². The monoisotopic (exact) mass is 341 g/mol. The first-order chi connectivity index (χ1) is 12.2. The molecule has 1 aliphatic rings. The Kier molecular flexibility index (Phi) is 4.28. The number of aromatic nitrogens is 3. The van der Waals surface area contributed by atoms with Gasteiger partial charge >= 0.3 is 0 Å². The zero-order valence-corrected chi connectivity index (χ0v) is 13.5. The van der Waals surface area contributed by atoms with Crippen LogP contribution in [-0.2, 0) is 11.2 Å². The fraction of sp³-hybridized carbons (Fsp3) is 0.263. The van der Waals surface area contributed by atoms with Crippen molar-refractivity contribution < 1.29 is 13.5 Å². The zero-order valence-electron chi connectivity index (χ0n) is 13.5. The number of pyridine rings is 1. The summed E-state index contributed by atoms with van der Waals surface area (Å²) in [5.41, 5.74) is 1.34.